The van der Waals surface area contributed by atoms with Crippen LogP contribution in [0.25, 0.3) is 10.2 Å². The lowest BCUT2D eigenvalue weighted by Gasteiger charge is -2.17. The number of carbonyl (C=O) groups excluding carboxylic acids is 1. The fraction of sp³-hybridized carbons (Fsp3) is 0.200. The Morgan fingerprint density at radius 3 is 2.74 bits per heavy atom. The van der Waals surface area contributed by atoms with Crippen LogP contribution in [0.1, 0.15) is 33.1 Å². The molecule has 0 aliphatic carbocycles. The number of carbonyl (C=O) groups is 1. The average Bonchev–Trinajstić information content (AvgIpc) is 3.26. The average molecular weight is 378 g/mol. The van der Waals surface area contributed by atoms with Crippen molar-refractivity contribution >= 4 is 32.6 Å². The number of nitrogens with zero attached hydrogens (tertiary/aromatic N) is 4. The molecular weight excluding hydrogens is 360 g/mol. The molecule has 3 heterocycles. The van der Waals surface area contributed by atoms with E-state index < -0.39 is 0 Å². The Labute approximate surface area is 160 Å². The molecule has 3 aromatic heterocycles. The van der Waals surface area contributed by atoms with E-state index in [9.17, 15) is 4.79 Å². The Balaban J connectivity index is 1.79. The lowest BCUT2D eigenvalue weighted by Crippen LogP contribution is -2.30. The van der Waals surface area contributed by atoms with Gasteiger partial charge in [-0.25, -0.2) is 4.98 Å². The predicted molar refractivity (Wildman–Crippen MR) is 105 cm³/mol. The summed E-state index contributed by atoms with van der Waals surface area (Å²) in [5.41, 5.74) is 4.61. The second-order valence-corrected chi connectivity index (χ2v) is 7.45. The zero-order chi connectivity index (χ0) is 19.0. The second-order valence-electron chi connectivity index (χ2n) is 6.47. The molecule has 0 radical (unpaired) electrons. The summed E-state index contributed by atoms with van der Waals surface area (Å²) in [6.45, 7) is 6.19. The third kappa shape index (κ3) is 3.46. The van der Waals surface area contributed by atoms with Crippen molar-refractivity contribution in [2.24, 2.45) is 0 Å². The number of rotatable bonds is 4. The number of aryl methyl sites for hydroxylation is 3. The van der Waals surface area contributed by atoms with Gasteiger partial charge in [0, 0.05) is 12.3 Å². The first-order valence-corrected chi connectivity index (χ1v) is 9.36. The van der Waals surface area contributed by atoms with Gasteiger partial charge in [0.1, 0.15) is 0 Å². The van der Waals surface area contributed by atoms with Crippen LogP contribution in [0.5, 0.6) is 0 Å². The molecule has 0 unspecified atom stereocenters. The number of fused-ring (bicyclic) bond motifs is 1. The van der Waals surface area contributed by atoms with Crippen LogP contribution in [0.15, 0.2) is 47.1 Å². The zero-order valence-electron chi connectivity index (χ0n) is 15.3. The van der Waals surface area contributed by atoms with Crippen molar-refractivity contribution in [3.05, 3.63) is 70.9 Å². The van der Waals surface area contributed by atoms with Crippen molar-refractivity contribution in [3.8, 4) is 0 Å². The molecule has 4 rings (SSSR count). The van der Waals surface area contributed by atoms with E-state index in [1.54, 1.807) is 24.1 Å². The molecule has 0 fully saturated rings. The molecule has 4 aromatic rings. The van der Waals surface area contributed by atoms with Gasteiger partial charge in [-0.2, -0.15) is 0 Å². The van der Waals surface area contributed by atoms with Crippen molar-refractivity contribution in [2.75, 3.05) is 4.90 Å². The number of aromatic nitrogens is 3. The first kappa shape index (κ1) is 17.4. The molecule has 27 heavy (non-hydrogen) atoms. The van der Waals surface area contributed by atoms with Gasteiger partial charge in [0.05, 0.1) is 28.1 Å². The number of thiazole rings is 1. The highest BCUT2D eigenvalue weighted by Crippen LogP contribution is 2.33. The number of anilines is 1. The summed E-state index contributed by atoms with van der Waals surface area (Å²) in [6, 6.07) is 11.4. The lowest BCUT2D eigenvalue weighted by molar-refractivity contribution is 0.0949. The van der Waals surface area contributed by atoms with Crippen LogP contribution in [0.4, 0.5) is 5.13 Å². The van der Waals surface area contributed by atoms with Crippen molar-refractivity contribution in [2.45, 2.75) is 27.3 Å². The van der Waals surface area contributed by atoms with Crippen molar-refractivity contribution in [3.63, 3.8) is 0 Å². The van der Waals surface area contributed by atoms with Gasteiger partial charge < -0.3 is 4.52 Å². The molecule has 0 atom stereocenters. The number of pyridine rings is 1. The van der Waals surface area contributed by atoms with Gasteiger partial charge >= 0.3 is 0 Å². The summed E-state index contributed by atoms with van der Waals surface area (Å²) in [7, 11) is 0. The van der Waals surface area contributed by atoms with Crippen LogP contribution in [0.3, 0.4) is 0 Å². The summed E-state index contributed by atoms with van der Waals surface area (Å²) in [4.78, 5) is 23.8. The van der Waals surface area contributed by atoms with Crippen LogP contribution in [0, 0.1) is 20.8 Å². The smallest absolute Gasteiger partial charge is 0.299 e. The number of hydrogen-bond donors (Lipinski definition) is 0. The van der Waals surface area contributed by atoms with Crippen molar-refractivity contribution in [1.29, 1.82) is 0 Å². The lowest BCUT2D eigenvalue weighted by atomic mass is 10.1. The highest BCUT2D eigenvalue weighted by molar-refractivity contribution is 7.22. The Hall–Kier alpha value is -3.06. The van der Waals surface area contributed by atoms with Gasteiger partial charge in [-0.15, -0.1) is 0 Å². The van der Waals surface area contributed by atoms with Gasteiger partial charge in [0.2, 0.25) is 5.76 Å². The third-order valence-corrected chi connectivity index (χ3v) is 5.40. The van der Waals surface area contributed by atoms with E-state index in [2.05, 4.69) is 23.1 Å². The number of benzene rings is 1. The van der Waals surface area contributed by atoms with Gasteiger partial charge in [-0.3, -0.25) is 14.7 Å². The summed E-state index contributed by atoms with van der Waals surface area (Å²) >= 11 is 1.49. The third-order valence-electron chi connectivity index (χ3n) is 4.17. The Morgan fingerprint density at radius 2 is 2.04 bits per heavy atom. The Bertz CT molecular complexity index is 1120. The van der Waals surface area contributed by atoms with Crippen LogP contribution >= 0.6 is 11.3 Å². The van der Waals surface area contributed by atoms with Gasteiger partial charge in [-0.05, 0) is 50.1 Å². The molecule has 0 spiro atoms. The van der Waals surface area contributed by atoms with Gasteiger partial charge in [-0.1, -0.05) is 28.6 Å². The van der Waals surface area contributed by atoms with E-state index in [0.717, 1.165) is 27.0 Å². The Morgan fingerprint density at radius 1 is 1.19 bits per heavy atom. The van der Waals surface area contributed by atoms with Gasteiger partial charge in [0.15, 0.2) is 5.13 Å². The molecule has 0 saturated heterocycles. The molecule has 0 bridgehead atoms. The van der Waals surface area contributed by atoms with Crippen molar-refractivity contribution in [1.82, 2.24) is 15.1 Å². The molecule has 1 aromatic carbocycles. The molecule has 0 aliphatic heterocycles. The fourth-order valence-electron chi connectivity index (χ4n) is 2.96. The fourth-order valence-corrected chi connectivity index (χ4v) is 3.97. The molecule has 0 N–H and O–H groups in total. The maximum Gasteiger partial charge on any atom is 0.299 e. The van der Waals surface area contributed by atoms with E-state index in [4.69, 9.17) is 9.51 Å². The first-order chi connectivity index (χ1) is 13.0. The minimum absolute atomic E-state index is 0.190. The van der Waals surface area contributed by atoms with E-state index >= 15 is 0 Å². The van der Waals surface area contributed by atoms with E-state index in [1.807, 2.05) is 31.2 Å². The Kier molecular flexibility index (Phi) is 4.45. The highest BCUT2D eigenvalue weighted by Gasteiger charge is 2.25. The number of amides is 1. The minimum Gasteiger partial charge on any atom is -0.351 e. The molecule has 136 valence electrons. The monoisotopic (exact) mass is 378 g/mol. The minimum atomic E-state index is -0.283. The highest BCUT2D eigenvalue weighted by atomic mass is 32.1. The second kappa shape index (κ2) is 6.92. The molecule has 0 aliphatic rings. The first-order valence-electron chi connectivity index (χ1n) is 8.54. The maximum absolute atomic E-state index is 13.1. The largest absolute Gasteiger partial charge is 0.351 e. The normalized spacial score (nSPS) is 11.1. The summed E-state index contributed by atoms with van der Waals surface area (Å²) < 4.78 is 6.27. The quantitative estimate of drug-likeness (QED) is 0.524. The van der Waals surface area contributed by atoms with Crippen molar-refractivity contribution < 1.29 is 9.32 Å². The van der Waals surface area contributed by atoms with Gasteiger partial charge in [0.25, 0.3) is 5.91 Å². The van der Waals surface area contributed by atoms with E-state index in [1.165, 1.54) is 11.3 Å². The van der Waals surface area contributed by atoms with Crippen LogP contribution in [0.2, 0.25) is 0 Å². The topological polar surface area (TPSA) is 72.1 Å². The maximum atomic E-state index is 13.1. The number of hydrogen-bond acceptors (Lipinski definition) is 6. The predicted octanol–water partition coefficient (Wildman–Crippen LogP) is 4.45. The van der Waals surface area contributed by atoms with E-state index in [-0.39, 0.29) is 11.7 Å². The van der Waals surface area contributed by atoms with Crippen LogP contribution < -0.4 is 4.90 Å². The molecule has 0 saturated carbocycles. The summed E-state index contributed by atoms with van der Waals surface area (Å²) in [5.74, 6) is -0.0923. The van der Waals surface area contributed by atoms with Crippen LogP contribution in [-0.2, 0) is 6.54 Å². The molecule has 6 nitrogen and oxygen atoms in total. The summed E-state index contributed by atoms with van der Waals surface area (Å²) in [6.07, 6.45) is 1.71. The molecule has 1 amide bonds. The molecular formula is C20H18N4O2S. The molecule has 7 heteroatoms. The van der Waals surface area contributed by atoms with Crippen LogP contribution in [-0.4, -0.2) is 21.0 Å². The van der Waals surface area contributed by atoms with E-state index in [0.29, 0.717) is 17.4 Å². The summed E-state index contributed by atoms with van der Waals surface area (Å²) in [5, 5.41) is 4.45. The standard InChI is InChI=1S/C20H18N4O2S/c1-12-8-13(2)18-16(9-12)22-20(27-18)24(11-15-6-4-5-7-21-15)19(25)17-10-14(3)23-26-17/h4-10H,11H2,1-3H3. The zero-order valence-corrected chi connectivity index (χ0v) is 16.1. The SMILES string of the molecule is Cc1cc(C)c2sc(N(Cc3ccccn3)C(=O)c3cc(C)no3)nc2c1.